The molecule has 2 N–H and O–H groups in total. The number of nitrogens with one attached hydrogen (secondary N) is 1. The van der Waals surface area contributed by atoms with Crippen LogP contribution >= 0.6 is 23.2 Å². The van der Waals surface area contributed by atoms with Crippen molar-refractivity contribution in [2.45, 2.75) is 13.8 Å². The predicted molar refractivity (Wildman–Crippen MR) is 120 cm³/mol. The largest absolute Gasteiger partial charge is 0.484 e. The molecule has 0 aliphatic heterocycles. The number of aryl methyl sites for hydroxylation is 1. The molecule has 31 heavy (non-hydrogen) atoms. The average Bonchev–Trinajstić information content (AvgIpc) is 3.00. The number of rotatable bonds is 7. The standard InChI is InChI=1S/C22H19Cl2N3O4/c1-13-8-15(11-25-26-21(28)12-31-18-5-3-4-16(23)9-18)14(2)27(13)17-6-7-20(24)19(10-17)22(29)30/h3-11H,12H2,1-2H3,(H,26,28)(H,29,30)/b25-11+. The van der Waals surface area contributed by atoms with E-state index in [1.807, 2.05) is 24.5 Å². The average molecular weight is 460 g/mol. The fourth-order valence-corrected chi connectivity index (χ4v) is 3.42. The number of nitrogens with zero attached hydrogens (tertiary/aromatic N) is 2. The van der Waals surface area contributed by atoms with Crippen LogP contribution in [0.4, 0.5) is 0 Å². The first-order valence-electron chi connectivity index (χ1n) is 9.18. The number of hydrogen-bond donors (Lipinski definition) is 2. The van der Waals surface area contributed by atoms with Crippen molar-refractivity contribution in [2.75, 3.05) is 6.61 Å². The summed E-state index contributed by atoms with van der Waals surface area (Å²) >= 11 is 11.8. The van der Waals surface area contributed by atoms with Gasteiger partial charge in [-0.2, -0.15) is 5.10 Å². The zero-order valence-corrected chi connectivity index (χ0v) is 18.2. The van der Waals surface area contributed by atoms with Gasteiger partial charge in [-0.15, -0.1) is 0 Å². The number of amides is 1. The molecule has 0 saturated carbocycles. The SMILES string of the molecule is Cc1cc(/C=N/NC(=O)COc2cccc(Cl)c2)c(C)n1-c1ccc(Cl)c(C(=O)O)c1. The molecule has 7 nitrogen and oxygen atoms in total. The van der Waals surface area contributed by atoms with E-state index < -0.39 is 11.9 Å². The van der Waals surface area contributed by atoms with Gasteiger partial charge in [-0.05, 0) is 56.3 Å². The van der Waals surface area contributed by atoms with Gasteiger partial charge < -0.3 is 14.4 Å². The van der Waals surface area contributed by atoms with Gasteiger partial charge in [-0.25, -0.2) is 10.2 Å². The molecular weight excluding hydrogens is 441 g/mol. The highest BCUT2D eigenvalue weighted by Crippen LogP contribution is 2.24. The fourth-order valence-electron chi connectivity index (χ4n) is 3.04. The predicted octanol–water partition coefficient (Wildman–Crippen LogP) is 4.63. The molecule has 0 fully saturated rings. The Balaban J connectivity index is 1.69. The number of carboxylic acid groups (broad SMARTS) is 1. The maximum Gasteiger partial charge on any atom is 0.337 e. The Labute approximate surface area is 188 Å². The number of halogens is 2. The summed E-state index contributed by atoms with van der Waals surface area (Å²) in [6.45, 7) is 3.55. The summed E-state index contributed by atoms with van der Waals surface area (Å²) in [5.74, 6) is -1.04. The van der Waals surface area contributed by atoms with Crippen LogP contribution in [0.1, 0.15) is 27.3 Å². The van der Waals surface area contributed by atoms with Crippen LogP contribution in [-0.2, 0) is 4.79 Å². The Morgan fingerprint density at radius 1 is 1.16 bits per heavy atom. The number of benzene rings is 2. The minimum atomic E-state index is -1.10. The molecule has 0 saturated heterocycles. The zero-order chi connectivity index (χ0) is 22.5. The summed E-state index contributed by atoms with van der Waals surface area (Å²) in [5.41, 5.74) is 5.55. The maximum atomic E-state index is 11.9. The number of carboxylic acids is 1. The van der Waals surface area contributed by atoms with Crippen molar-refractivity contribution in [2.24, 2.45) is 5.10 Å². The van der Waals surface area contributed by atoms with E-state index in [0.29, 0.717) is 16.5 Å². The van der Waals surface area contributed by atoms with E-state index in [4.69, 9.17) is 27.9 Å². The van der Waals surface area contributed by atoms with Crippen LogP contribution in [0.3, 0.4) is 0 Å². The lowest BCUT2D eigenvalue weighted by Gasteiger charge is -2.11. The Bertz CT molecular complexity index is 1170. The smallest absolute Gasteiger partial charge is 0.337 e. The van der Waals surface area contributed by atoms with Crippen molar-refractivity contribution in [1.29, 1.82) is 0 Å². The third-order valence-corrected chi connectivity index (χ3v) is 5.03. The van der Waals surface area contributed by atoms with Crippen LogP contribution in [0.15, 0.2) is 53.6 Å². The second-order valence-corrected chi connectivity index (χ2v) is 7.51. The number of carbonyl (C=O) groups excluding carboxylic acids is 1. The van der Waals surface area contributed by atoms with Crippen LogP contribution in [0.25, 0.3) is 5.69 Å². The van der Waals surface area contributed by atoms with Crippen LogP contribution in [-0.4, -0.2) is 34.4 Å². The Hall–Kier alpha value is -3.29. The molecule has 0 radical (unpaired) electrons. The van der Waals surface area contributed by atoms with Gasteiger partial charge in [-0.1, -0.05) is 29.3 Å². The lowest BCUT2D eigenvalue weighted by molar-refractivity contribution is -0.123. The quantitative estimate of drug-likeness (QED) is 0.397. The monoisotopic (exact) mass is 459 g/mol. The van der Waals surface area contributed by atoms with Gasteiger partial charge in [0.15, 0.2) is 6.61 Å². The van der Waals surface area contributed by atoms with Gasteiger partial charge in [0.2, 0.25) is 0 Å². The molecule has 0 unspecified atom stereocenters. The van der Waals surface area contributed by atoms with Crippen LogP contribution < -0.4 is 10.2 Å². The van der Waals surface area contributed by atoms with Crippen molar-refractivity contribution < 1.29 is 19.4 Å². The number of carbonyl (C=O) groups is 2. The molecule has 0 aliphatic rings. The Morgan fingerprint density at radius 2 is 1.94 bits per heavy atom. The molecule has 3 rings (SSSR count). The van der Waals surface area contributed by atoms with Crippen molar-refractivity contribution >= 4 is 41.3 Å². The Kier molecular flexibility index (Phi) is 6.99. The molecule has 9 heteroatoms. The van der Waals surface area contributed by atoms with E-state index in [1.165, 1.54) is 12.3 Å². The molecule has 1 amide bonds. The van der Waals surface area contributed by atoms with Crippen LogP contribution in [0, 0.1) is 13.8 Å². The summed E-state index contributed by atoms with van der Waals surface area (Å²) in [6.07, 6.45) is 1.52. The summed E-state index contributed by atoms with van der Waals surface area (Å²) in [6, 6.07) is 13.4. The molecule has 0 bridgehead atoms. The summed E-state index contributed by atoms with van der Waals surface area (Å²) in [4.78, 5) is 23.3. The molecule has 1 heterocycles. The second-order valence-electron chi connectivity index (χ2n) is 6.67. The fraction of sp³-hybridized carbons (Fsp3) is 0.136. The molecule has 160 valence electrons. The highest BCUT2D eigenvalue weighted by molar-refractivity contribution is 6.33. The number of ether oxygens (including phenoxy) is 1. The summed E-state index contributed by atoms with van der Waals surface area (Å²) < 4.78 is 7.25. The van der Waals surface area contributed by atoms with E-state index in [9.17, 15) is 14.7 Å². The second kappa shape index (κ2) is 9.68. The number of aromatic nitrogens is 1. The van der Waals surface area contributed by atoms with E-state index in [1.54, 1.807) is 36.4 Å². The van der Waals surface area contributed by atoms with Crippen molar-refractivity contribution in [3.8, 4) is 11.4 Å². The lowest BCUT2D eigenvalue weighted by atomic mass is 10.2. The molecule has 1 aromatic heterocycles. The van der Waals surface area contributed by atoms with Crippen molar-refractivity contribution in [1.82, 2.24) is 9.99 Å². The van der Waals surface area contributed by atoms with E-state index in [-0.39, 0.29) is 17.2 Å². The van der Waals surface area contributed by atoms with Gasteiger partial charge in [0.25, 0.3) is 5.91 Å². The van der Waals surface area contributed by atoms with E-state index in [2.05, 4.69) is 10.5 Å². The van der Waals surface area contributed by atoms with Gasteiger partial charge in [0.1, 0.15) is 5.75 Å². The van der Waals surface area contributed by atoms with Crippen molar-refractivity contribution in [3.05, 3.63) is 81.1 Å². The molecular formula is C22H19Cl2N3O4. The molecule has 0 atom stereocenters. The number of aromatic carboxylic acids is 1. The summed E-state index contributed by atoms with van der Waals surface area (Å²) in [5, 5.41) is 14.0. The first kappa shape index (κ1) is 22.4. The topological polar surface area (TPSA) is 92.9 Å². The van der Waals surface area contributed by atoms with E-state index >= 15 is 0 Å². The van der Waals surface area contributed by atoms with Gasteiger partial charge in [0, 0.05) is 27.7 Å². The normalized spacial score (nSPS) is 11.0. The summed E-state index contributed by atoms with van der Waals surface area (Å²) in [7, 11) is 0. The number of hydrogen-bond acceptors (Lipinski definition) is 4. The van der Waals surface area contributed by atoms with Crippen LogP contribution in [0.2, 0.25) is 10.0 Å². The number of hydrazone groups is 1. The van der Waals surface area contributed by atoms with Gasteiger partial charge in [0.05, 0.1) is 16.8 Å². The molecule has 3 aromatic rings. The minimum absolute atomic E-state index is 0.0221. The molecule has 0 aliphatic carbocycles. The molecule has 0 spiro atoms. The Morgan fingerprint density at radius 3 is 2.65 bits per heavy atom. The zero-order valence-electron chi connectivity index (χ0n) is 16.7. The molecule has 2 aromatic carbocycles. The third-order valence-electron chi connectivity index (χ3n) is 4.47. The third kappa shape index (κ3) is 5.45. The van der Waals surface area contributed by atoms with E-state index in [0.717, 1.165) is 17.0 Å². The highest BCUT2D eigenvalue weighted by Gasteiger charge is 2.14. The van der Waals surface area contributed by atoms with Gasteiger partial charge in [-0.3, -0.25) is 4.79 Å². The highest BCUT2D eigenvalue weighted by atomic mass is 35.5. The van der Waals surface area contributed by atoms with Crippen LogP contribution in [0.5, 0.6) is 5.75 Å². The first-order chi connectivity index (χ1) is 14.8. The maximum absolute atomic E-state index is 11.9. The lowest BCUT2D eigenvalue weighted by Crippen LogP contribution is -2.24. The van der Waals surface area contributed by atoms with Gasteiger partial charge >= 0.3 is 5.97 Å². The van der Waals surface area contributed by atoms with Crippen molar-refractivity contribution in [3.63, 3.8) is 0 Å². The minimum Gasteiger partial charge on any atom is -0.484 e. The first-order valence-corrected chi connectivity index (χ1v) is 9.94.